The number of likely N-dealkylation sites (tertiary alicyclic amines) is 1. The van der Waals surface area contributed by atoms with Gasteiger partial charge >= 0.3 is 6.18 Å². The van der Waals surface area contributed by atoms with E-state index in [4.69, 9.17) is 0 Å². The molecule has 0 aromatic carbocycles. The van der Waals surface area contributed by atoms with Crippen molar-refractivity contribution in [3.05, 3.63) is 0 Å². The van der Waals surface area contributed by atoms with Crippen LogP contribution in [0.3, 0.4) is 0 Å². The molecule has 6 heteroatoms. The number of hydrogen-bond acceptors (Lipinski definition) is 2. The number of amides is 1. The van der Waals surface area contributed by atoms with E-state index >= 15 is 0 Å². The maximum atomic E-state index is 13.0. The van der Waals surface area contributed by atoms with Crippen LogP contribution in [0.15, 0.2) is 0 Å². The number of alkyl halides is 3. The van der Waals surface area contributed by atoms with Gasteiger partial charge in [0.1, 0.15) is 0 Å². The minimum absolute atomic E-state index is 0.0503. The number of rotatable bonds is 2. The second kappa shape index (κ2) is 6.33. The van der Waals surface area contributed by atoms with Gasteiger partial charge in [-0.25, -0.2) is 0 Å². The standard InChI is InChI=1S/C14H23F3N2O/c1-10(20)19-8-6-11(7-9-19)18-13-5-3-2-4-12(13)14(15,16)17/h11-13,18H,2-9H2,1H3. The van der Waals surface area contributed by atoms with Gasteiger partial charge in [0.05, 0.1) is 5.92 Å². The Bertz CT molecular complexity index is 338. The van der Waals surface area contributed by atoms with Crippen molar-refractivity contribution in [2.45, 2.75) is 63.7 Å². The first kappa shape index (κ1) is 15.6. The zero-order valence-corrected chi connectivity index (χ0v) is 11.9. The zero-order chi connectivity index (χ0) is 14.8. The molecule has 0 aromatic rings. The number of halogens is 3. The molecule has 116 valence electrons. The SMILES string of the molecule is CC(=O)N1CCC(NC2CCCCC2C(F)(F)F)CC1. The van der Waals surface area contributed by atoms with Crippen LogP contribution in [0.25, 0.3) is 0 Å². The smallest absolute Gasteiger partial charge is 0.343 e. The van der Waals surface area contributed by atoms with Crippen molar-refractivity contribution in [3.63, 3.8) is 0 Å². The van der Waals surface area contributed by atoms with Gasteiger partial charge in [-0.15, -0.1) is 0 Å². The summed E-state index contributed by atoms with van der Waals surface area (Å²) in [6.45, 7) is 2.83. The Kier molecular flexibility index (Phi) is 4.94. The highest BCUT2D eigenvalue weighted by Crippen LogP contribution is 2.38. The summed E-state index contributed by atoms with van der Waals surface area (Å²) in [5.74, 6) is -1.16. The number of hydrogen-bond donors (Lipinski definition) is 1. The van der Waals surface area contributed by atoms with Crippen molar-refractivity contribution >= 4 is 5.91 Å². The van der Waals surface area contributed by atoms with Gasteiger partial charge in [-0.3, -0.25) is 4.79 Å². The van der Waals surface area contributed by atoms with E-state index in [9.17, 15) is 18.0 Å². The molecule has 0 aromatic heterocycles. The summed E-state index contributed by atoms with van der Waals surface area (Å²) in [5, 5.41) is 3.22. The monoisotopic (exact) mass is 292 g/mol. The Labute approximate surface area is 117 Å². The molecule has 1 aliphatic heterocycles. The van der Waals surface area contributed by atoms with E-state index in [1.54, 1.807) is 4.90 Å². The summed E-state index contributed by atoms with van der Waals surface area (Å²) >= 11 is 0. The summed E-state index contributed by atoms with van der Waals surface area (Å²) < 4.78 is 39.1. The molecular weight excluding hydrogens is 269 g/mol. The largest absolute Gasteiger partial charge is 0.393 e. The molecule has 1 heterocycles. The molecule has 2 fully saturated rings. The molecule has 1 saturated carbocycles. The zero-order valence-electron chi connectivity index (χ0n) is 11.9. The summed E-state index contributed by atoms with van der Waals surface area (Å²) in [6, 6.07) is -0.337. The molecule has 2 rings (SSSR count). The third-order valence-electron chi connectivity index (χ3n) is 4.58. The van der Waals surface area contributed by atoms with Crippen LogP contribution in [0.1, 0.15) is 45.4 Å². The first-order valence-electron chi connectivity index (χ1n) is 7.46. The first-order valence-corrected chi connectivity index (χ1v) is 7.46. The minimum Gasteiger partial charge on any atom is -0.343 e. The van der Waals surface area contributed by atoms with Gasteiger partial charge < -0.3 is 10.2 Å². The number of piperidine rings is 1. The Morgan fingerprint density at radius 3 is 2.25 bits per heavy atom. The molecule has 0 radical (unpaired) electrons. The predicted octanol–water partition coefficient (Wildman–Crippen LogP) is 2.71. The lowest BCUT2D eigenvalue weighted by Gasteiger charge is -2.39. The van der Waals surface area contributed by atoms with Crippen LogP contribution in [-0.4, -0.2) is 42.2 Å². The summed E-state index contributed by atoms with van der Waals surface area (Å²) in [4.78, 5) is 13.0. The van der Waals surface area contributed by atoms with Gasteiger partial charge in [0.15, 0.2) is 0 Å². The first-order chi connectivity index (χ1) is 9.38. The fourth-order valence-electron chi connectivity index (χ4n) is 3.39. The van der Waals surface area contributed by atoms with Crippen molar-refractivity contribution in [3.8, 4) is 0 Å². The van der Waals surface area contributed by atoms with Crippen molar-refractivity contribution in [2.24, 2.45) is 5.92 Å². The third-order valence-corrected chi connectivity index (χ3v) is 4.58. The summed E-state index contributed by atoms with van der Waals surface area (Å²) in [5.41, 5.74) is 0. The maximum Gasteiger partial charge on any atom is 0.393 e. The number of carbonyl (C=O) groups excluding carboxylic acids is 1. The molecule has 1 saturated heterocycles. The lowest BCUT2D eigenvalue weighted by molar-refractivity contribution is -0.189. The second-order valence-corrected chi connectivity index (χ2v) is 5.99. The van der Waals surface area contributed by atoms with Gasteiger partial charge in [-0.1, -0.05) is 12.8 Å². The van der Waals surface area contributed by atoms with E-state index in [2.05, 4.69) is 5.32 Å². The summed E-state index contributed by atoms with van der Waals surface area (Å²) in [7, 11) is 0. The van der Waals surface area contributed by atoms with Gasteiger partial charge in [-0.05, 0) is 25.7 Å². The quantitative estimate of drug-likeness (QED) is 0.848. The molecule has 1 aliphatic carbocycles. The lowest BCUT2D eigenvalue weighted by Crippen LogP contribution is -2.52. The molecule has 1 N–H and O–H groups in total. The molecule has 2 aliphatic rings. The van der Waals surface area contributed by atoms with Gasteiger partial charge in [-0.2, -0.15) is 13.2 Å². The fourth-order valence-corrected chi connectivity index (χ4v) is 3.39. The van der Waals surface area contributed by atoms with E-state index in [0.29, 0.717) is 25.9 Å². The average molecular weight is 292 g/mol. The Hall–Kier alpha value is -0.780. The van der Waals surface area contributed by atoms with E-state index in [1.807, 2.05) is 0 Å². The van der Waals surface area contributed by atoms with Crippen LogP contribution in [0.5, 0.6) is 0 Å². The van der Waals surface area contributed by atoms with Gasteiger partial charge in [0.25, 0.3) is 0 Å². The van der Waals surface area contributed by atoms with Crippen LogP contribution in [0, 0.1) is 5.92 Å². The summed E-state index contributed by atoms with van der Waals surface area (Å²) in [6.07, 6.45) is -0.203. The van der Waals surface area contributed by atoms with Gasteiger partial charge in [0.2, 0.25) is 5.91 Å². The van der Waals surface area contributed by atoms with E-state index in [0.717, 1.165) is 19.3 Å². The molecule has 20 heavy (non-hydrogen) atoms. The van der Waals surface area contributed by atoms with Crippen LogP contribution < -0.4 is 5.32 Å². The minimum atomic E-state index is -4.10. The lowest BCUT2D eigenvalue weighted by atomic mass is 9.83. The highest BCUT2D eigenvalue weighted by atomic mass is 19.4. The number of carbonyl (C=O) groups is 1. The fraction of sp³-hybridized carbons (Fsp3) is 0.929. The number of nitrogens with zero attached hydrogens (tertiary/aromatic N) is 1. The molecule has 0 bridgehead atoms. The van der Waals surface area contributed by atoms with Crippen LogP contribution in [0.4, 0.5) is 13.2 Å². The molecule has 2 atom stereocenters. The molecule has 1 amide bonds. The van der Waals surface area contributed by atoms with Crippen molar-refractivity contribution < 1.29 is 18.0 Å². The topological polar surface area (TPSA) is 32.3 Å². The molecule has 3 nitrogen and oxygen atoms in total. The van der Waals surface area contributed by atoms with Crippen LogP contribution in [0.2, 0.25) is 0 Å². The van der Waals surface area contributed by atoms with E-state index < -0.39 is 18.1 Å². The normalized spacial score (nSPS) is 29.5. The van der Waals surface area contributed by atoms with Crippen LogP contribution >= 0.6 is 0 Å². The third kappa shape index (κ3) is 3.87. The van der Waals surface area contributed by atoms with Crippen molar-refractivity contribution in [1.82, 2.24) is 10.2 Å². The van der Waals surface area contributed by atoms with Crippen molar-refractivity contribution in [2.75, 3.05) is 13.1 Å². The van der Waals surface area contributed by atoms with E-state index in [-0.39, 0.29) is 18.4 Å². The Balaban J connectivity index is 1.87. The molecule has 0 spiro atoms. The average Bonchev–Trinajstić information content (AvgIpc) is 2.38. The Morgan fingerprint density at radius 2 is 1.70 bits per heavy atom. The predicted molar refractivity (Wildman–Crippen MR) is 70.2 cm³/mol. The molecule has 2 unspecified atom stereocenters. The van der Waals surface area contributed by atoms with Gasteiger partial charge in [0, 0.05) is 32.1 Å². The second-order valence-electron chi connectivity index (χ2n) is 5.99. The Morgan fingerprint density at radius 1 is 1.10 bits per heavy atom. The molecular formula is C14H23F3N2O. The van der Waals surface area contributed by atoms with Crippen molar-refractivity contribution in [1.29, 1.82) is 0 Å². The van der Waals surface area contributed by atoms with E-state index in [1.165, 1.54) is 6.92 Å². The number of nitrogens with one attached hydrogen (secondary N) is 1. The maximum absolute atomic E-state index is 13.0. The highest BCUT2D eigenvalue weighted by Gasteiger charge is 2.45. The van der Waals surface area contributed by atoms with Crippen LogP contribution in [-0.2, 0) is 4.79 Å². The highest BCUT2D eigenvalue weighted by molar-refractivity contribution is 5.73.